The highest BCUT2D eigenvalue weighted by Gasteiger charge is 2.32. The number of carbonyl (C=O) groups is 1. The van der Waals surface area contributed by atoms with Crippen molar-refractivity contribution in [1.29, 1.82) is 0 Å². The highest BCUT2D eigenvalue weighted by atomic mass is 35.5. The molecular formula is C14H18ClN3O2. The summed E-state index contributed by atoms with van der Waals surface area (Å²) in [5, 5.41) is 3.63. The number of ether oxygens (including phenoxy) is 1. The Hall–Kier alpha value is -1.36. The number of nitrogens with one attached hydrogen (secondary N) is 1. The number of carbonyl (C=O) groups excluding carboxylic acids is 1. The van der Waals surface area contributed by atoms with Crippen molar-refractivity contribution in [2.24, 2.45) is 5.92 Å². The summed E-state index contributed by atoms with van der Waals surface area (Å²) < 4.78 is 5.73. The number of amides is 1. The van der Waals surface area contributed by atoms with E-state index >= 15 is 0 Å². The molecule has 2 aliphatic carbocycles. The molecule has 108 valence electrons. The average Bonchev–Trinajstić information content (AvgIpc) is 3.28. The normalized spacial score (nSPS) is 26.1. The smallest absolute Gasteiger partial charge is 0.316 e. The quantitative estimate of drug-likeness (QED) is 0.926. The molecule has 1 amide bonds. The number of aromatic nitrogens is 2. The van der Waals surface area contributed by atoms with Crippen LogP contribution < -0.4 is 10.1 Å². The summed E-state index contributed by atoms with van der Waals surface area (Å²) in [5.74, 6) is 0.516. The minimum absolute atomic E-state index is 0.130. The fourth-order valence-electron chi connectivity index (χ4n) is 2.50. The summed E-state index contributed by atoms with van der Waals surface area (Å²) in [6.07, 6.45) is 9.05. The number of nitrogens with zero attached hydrogens (tertiary/aromatic N) is 2. The van der Waals surface area contributed by atoms with Crippen LogP contribution in [0.1, 0.15) is 38.5 Å². The second-order valence-corrected chi connectivity index (χ2v) is 5.99. The van der Waals surface area contributed by atoms with Gasteiger partial charge in [-0.05, 0) is 38.5 Å². The van der Waals surface area contributed by atoms with Gasteiger partial charge in [-0.3, -0.25) is 4.79 Å². The second-order valence-electron chi connectivity index (χ2n) is 5.56. The SMILES string of the molecule is O=C(NC1CCC(Oc2ncc(Cl)cn2)CC1)C1CC1. The first-order chi connectivity index (χ1) is 9.70. The summed E-state index contributed by atoms with van der Waals surface area (Å²) in [6, 6.07) is 0.675. The van der Waals surface area contributed by atoms with Crippen molar-refractivity contribution in [3.8, 4) is 6.01 Å². The summed E-state index contributed by atoms with van der Waals surface area (Å²) >= 11 is 5.73. The minimum atomic E-state index is 0.130. The van der Waals surface area contributed by atoms with Gasteiger partial charge in [0.25, 0.3) is 0 Å². The minimum Gasteiger partial charge on any atom is -0.460 e. The zero-order valence-corrected chi connectivity index (χ0v) is 12.0. The van der Waals surface area contributed by atoms with Crippen LogP contribution in [0.3, 0.4) is 0 Å². The van der Waals surface area contributed by atoms with Crippen LogP contribution in [0.4, 0.5) is 0 Å². The lowest BCUT2D eigenvalue weighted by Crippen LogP contribution is -2.40. The third-order valence-corrected chi connectivity index (χ3v) is 4.03. The lowest BCUT2D eigenvalue weighted by atomic mass is 9.93. The maximum absolute atomic E-state index is 11.7. The second kappa shape index (κ2) is 5.95. The molecule has 0 bridgehead atoms. The molecular weight excluding hydrogens is 278 g/mol. The highest BCUT2D eigenvalue weighted by Crippen LogP contribution is 2.30. The van der Waals surface area contributed by atoms with E-state index in [9.17, 15) is 4.79 Å². The van der Waals surface area contributed by atoms with Crippen LogP contribution in [0, 0.1) is 5.92 Å². The van der Waals surface area contributed by atoms with Crippen molar-refractivity contribution in [3.05, 3.63) is 17.4 Å². The molecule has 1 heterocycles. The van der Waals surface area contributed by atoms with Crippen LogP contribution in [0.25, 0.3) is 0 Å². The lowest BCUT2D eigenvalue weighted by Gasteiger charge is -2.28. The van der Waals surface area contributed by atoms with Gasteiger partial charge in [-0.1, -0.05) is 11.6 Å². The van der Waals surface area contributed by atoms with E-state index in [1.54, 1.807) is 0 Å². The van der Waals surface area contributed by atoms with E-state index in [0.717, 1.165) is 38.5 Å². The van der Waals surface area contributed by atoms with Gasteiger partial charge < -0.3 is 10.1 Å². The molecule has 0 radical (unpaired) electrons. The molecule has 0 aliphatic heterocycles. The first kappa shape index (κ1) is 13.6. The predicted molar refractivity (Wildman–Crippen MR) is 74.6 cm³/mol. The topological polar surface area (TPSA) is 64.1 Å². The molecule has 3 rings (SSSR count). The van der Waals surface area contributed by atoms with Gasteiger partial charge in [-0.2, -0.15) is 0 Å². The lowest BCUT2D eigenvalue weighted by molar-refractivity contribution is -0.123. The van der Waals surface area contributed by atoms with Crippen LogP contribution in [-0.4, -0.2) is 28.0 Å². The summed E-state index contributed by atoms with van der Waals surface area (Å²) in [6.45, 7) is 0. The monoisotopic (exact) mass is 295 g/mol. The van der Waals surface area contributed by atoms with Crippen LogP contribution in [0.5, 0.6) is 6.01 Å². The van der Waals surface area contributed by atoms with Gasteiger partial charge in [-0.25, -0.2) is 9.97 Å². The standard InChI is InChI=1S/C14H18ClN3O2/c15-10-7-16-14(17-8-10)20-12-5-3-11(4-6-12)18-13(19)9-1-2-9/h7-9,11-12H,1-6H2,(H,18,19). The zero-order valence-electron chi connectivity index (χ0n) is 11.2. The van der Waals surface area contributed by atoms with Crippen LogP contribution in [0.15, 0.2) is 12.4 Å². The molecule has 1 aromatic rings. The van der Waals surface area contributed by atoms with Gasteiger partial charge in [0, 0.05) is 12.0 Å². The van der Waals surface area contributed by atoms with E-state index in [4.69, 9.17) is 16.3 Å². The fourth-order valence-corrected chi connectivity index (χ4v) is 2.60. The molecule has 2 saturated carbocycles. The van der Waals surface area contributed by atoms with E-state index in [2.05, 4.69) is 15.3 Å². The molecule has 2 fully saturated rings. The largest absolute Gasteiger partial charge is 0.460 e. The zero-order chi connectivity index (χ0) is 13.9. The Labute approximate surface area is 123 Å². The Kier molecular flexibility index (Phi) is 4.05. The number of rotatable bonds is 4. The van der Waals surface area contributed by atoms with E-state index in [-0.39, 0.29) is 17.9 Å². The van der Waals surface area contributed by atoms with Gasteiger partial charge in [0.15, 0.2) is 0 Å². The van der Waals surface area contributed by atoms with Crippen LogP contribution >= 0.6 is 11.6 Å². The van der Waals surface area contributed by atoms with Crippen molar-refractivity contribution in [1.82, 2.24) is 15.3 Å². The van der Waals surface area contributed by atoms with E-state index in [1.807, 2.05) is 0 Å². The van der Waals surface area contributed by atoms with Crippen molar-refractivity contribution < 1.29 is 9.53 Å². The molecule has 1 aromatic heterocycles. The molecule has 0 saturated heterocycles. The fraction of sp³-hybridized carbons (Fsp3) is 0.643. The highest BCUT2D eigenvalue weighted by molar-refractivity contribution is 6.30. The van der Waals surface area contributed by atoms with Gasteiger partial charge in [0.05, 0.1) is 17.4 Å². The van der Waals surface area contributed by atoms with E-state index in [1.165, 1.54) is 12.4 Å². The number of hydrogen-bond donors (Lipinski definition) is 1. The molecule has 1 N–H and O–H groups in total. The molecule has 0 unspecified atom stereocenters. The molecule has 2 aliphatic rings. The van der Waals surface area contributed by atoms with Crippen molar-refractivity contribution in [3.63, 3.8) is 0 Å². The van der Waals surface area contributed by atoms with Gasteiger partial charge >= 0.3 is 6.01 Å². The molecule has 0 spiro atoms. The molecule has 5 nitrogen and oxygen atoms in total. The van der Waals surface area contributed by atoms with Gasteiger partial charge in [-0.15, -0.1) is 0 Å². The number of halogens is 1. The average molecular weight is 296 g/mol. The van der Waals surface area contributed by atoms with Crippen LogP contribution in [-0.2, 0) is 4.79 Å². The van der Waals surface area contributed by atoms with Gasteiger partial charge in [0.1, 0.15) is 6.10 Å². The Morgan fingerprint density at radius 2 is 1.80 bits per heavy atom. The van der Waals surface area contributed by atoms with Crippen molar-refractivity contribution in [2.45, 2.75) is 50.7 Å². The van der Waals surface area contributed by atoms with E-state index in [0.29, 0.717) is 17.1 Å². The Bertz CT molecular complexity index is 468. The molecule has 0 aromatic carbocycles. The van der Waals surface area contributed by atoms with Crippen LogP contribution in [0.2, 0.25) is 5.02 Å². The van der Waals surface area contributed by atoms with E-state index < -0.39 is 0 Å². The molecule has 20 heavy (non-hydrogen) atoms. The summed E-state index contributed by atoms with van der Waals surface area (Å²) in [5.41, 5.74) is 0. The number of hydrogen-bond acceptors (Lipinski definition) is 4. The maximum Gasteiger partial charge on any atom is 0.316 e. The molecule has 0 atom stereocenters. The predicted octanol–water partition coefficient (Wildman–Crippen LogP) is 2.35. The van der Waals surface area contributed by atoms with Crippen molar-refractivity contribution in [2.75, 3.05) is 0 Å². The Morgan fingerprint density at radius 1 is 1.15 bits per heavy atom. The third-order valence-electron chi connectivity index (χ3n) is 3.84. The molecule has 6 heteroatoms. The van der Waals surface area contributed by atoms with Gasteiger partial charge in [0.2, 0.25) is 5.91 Å². The third kappa shape index (κ3) is 3.60. The Balaban J connectivity index is 1.43. The first-order valence-corrected chi connectivity index (χ1v) is 7.53. The maximum atomic E-state index is 11.7. The summed E-state index contributed by atoms with van der Waals surface area (Å²) in [4.78, 5) is 19.8. The van der Waals surface area contributed by atoms with Crippen molar-refractivity contribution >= 4 is 17.5 Å². The summed E-state index contributed by atoms with van der Waals surface area (Å²) in [7, 11) is 0. The Morgan fingerprint density at radius 3 is 2.40 bits per heavy atom. The first-order valence-electron chi connectivity index (χ1n) is 7.15.